The lowest BCUT2D eigenvalue weighted by Gasteiger charge is -2.15. The third kappa shape index (κ3) is 42.1. The highest BCUT2D eigenvalue weighted by atomic mass is 16.6. The summed E-state index contributed by atoms with van der Waals surface area (Å²) in [6.07, 6.45) is 59.6. The third-order valence-electron chi connectivity index (χ3n) is 9.02. The Morgan fingerprint density at radius 2 is 0.882 bits per heavy atom. The molecule has 1 N–H and O–H groups in total. The topological polar surface area (TPSA) is 55.8 Å². The van der Waals surface area contributed by atoms with Gasteiger partial charge in [0.15, 0.2) is 0 Å². The van der Waals surface area contributed by atoms with E-state index in [4.69, 9.17) is 9.47 Å². The van der Waals surface area contributed by atoms with Gasteiger partial charge in [0.25, 0.3) is 0 Å². The lowest BCUT2D eigenvalue weighted by Crippen LogP contribution is -2.27. The van der Waals surface area contributed by atoms with E-state index in [1.807, 2.05) is 0 Å². The average molecular weight is 711 g/mol. The Kier molecular flexibility index (Phi) is 42.1. The predicted octanol–water partition coefficient (Wildman–Crippen LogP) is 14.2. The van der Waals surface area contributed by atoms with Crippen LogP contribution in [0.25, 0.3) is 0 Å². The van der Waals surface area contributed by atoms with E-state index in [0.717, 1.165) is 64.2 Å². The van der Waals surface area contributed by atoms with E-state index in [0.29, 0.717) is 13.0 Å². The van der Waals surface area contributed by atoms with Crippen LogP contribution in [0.5, 0.6) is 0 Å². The molecule has 0 bridgehead atoms. The van der Waals surface area contributed by atoms with Crippen LogP contribution >= 0.6 is 0 Å². The molecule has 0 aromatic rings. The average Bonchev–Trinajstić information content (AvgIpc) is 3.14. The summed E-state index contributed by atoms with van der Waals surface area (Å²) in [5, 5.41) is 9.59. The molecule has 0 aliphatic heterocycles. The first-order valence-corrected chi connectivity index (χ1v) is 21.5. The van der Waals surface area contributed by atoms with Gasteiger partial charge in [0.05, 0.1) is 13.2 Å². The minimum absolute atomic E-state index is 0.184. The van der Waals surface area contributed by atoms with Crippen LogP contribution in [0.1, 0.15) is 194 Å². The van der Waals surface area contributed by atoms with Gasteiger partial charge in [-0.25, -0.2) is 0 Å². The summed E-state index contributed by atoms with van der Waals surface area (Å²) < 4.78 is 11.1. The fourth-order valence-electron chi connectivity index (χ4n) is 5.82. The first-order chi connectivity index (χ1) is 25.2. The Bertz CT molecular complexity index is 881. The predicted molar refractivity (Wildman–Crippen MR) is 223 cm³/mol. The number of hydrogen-bond donors (Lipinski definition) is 1. The first-order valence-electron chi connectivity index (χ1n) is 21.5. The van der Waals surface area contributed by atoms with Gasteiger partial charge in [0.1, 0.15) is 6.10 Å². The van der Waals surface area contributed by atoms with E-state index in [1.165, 1.54) is 109 Å². The van der Waals surface area contributed by atoms with Crippen LogP contribution in [-0.2, 0) is 14.3 Å². The molecule has 0 amide bonds. The zero-order valence-electron chi connectivity index (χ0n) is 33.6. The Morgan fingerprint density at radius 1 is 0.490 bits per heavy atom. The van der Waals surface area contributed by atoms with E-state index >= 15 is 0 Å². The van der Waals surface area contributed by atoms with Crippen molar-refractivity contribution in [2.24, 2.45) is 0 Å². The van der Waals surface area contributed by atoms with Crippen LogP contribution in [-0.4, -0.2) is 37.0 Å². The van der Waals surface area contributed by atoms with E-state index in [-0.39, 0.29) is 19.2 Å². The van der Waals surface area contributed by atoms with E-state index in [2.05, 4.69) is 86.8 Å². The molecule has 0 saturated heterocycles. The van der Waals surface area contributed by atoms with Gasteiger partial charge in [-0.2, -0.15) is 0 Å². The fraction of sp³-hybridized carbons (Fsp3) is 0.723. The number of aliphatic hydroxyl groups is 1. The van der Waals surface area contributed by atoms with Crippen LogP contribution in [0, 0.1) is 0 Å². The third-order valence-corrected chi connectivity index (χ3v) is 9.02. The van der Waals surface area contributed by atoms with Crippen molar-refractivity contribution >= 4 is 5.97 Å². The maximum Gasteiger partial charge on any atom is 0.306 e. The zero-order valence-corrected chi connectivity index (χ0v) is 33.6. The molecule has 0 saturated carbocycles. The minimum Gasteiger partial charge on any atom is -0.457 e. The Balaban J connectivity index is 3.48. The highest BCUT2D eigenvalue weighted by Crippen LogP contribution is 2.12. The van der Waals surface area contributed by atoms with Gasteiger partial charge in [0.2, 0.25) is 0 Å². The highest BCUT2D eigenvalue weighted by molar-refractivity contribution is 5.69. The van der Waals surface area contributed by atoms with Gasteiger partial charge in [-0.05, 0) is 83.5 Å². The number of esters is 1. The van der Waals surface area contributed by atoms with Crippen molar-refractivity contribution in [1.82, 2.24) is 0 Å². The molecule has 0 heterocycles. The van der Waals surface area contributed by atoms with Crippen molar-refractivity contribution in [3.05, 3.63) is 72.9 Å². The lowest BCUT2D eigenvalue weighted by atomic mass is 10.1. The Labute approximate surface area is 317 Å². The van der Waals surface area contributed by atoms with Crippen LogP contribution < -0.4 is 0 Å². The van der Waals surface area contributed by atoms with E-state index < -0.39 is 6.10 Å². The molecule has 4 heteroatoms. The molecule has 0 spiro atoms. The van der Waals surface area contributed by atoms with Crippen molar-refractivity contribution in [3.8, 4) is 0 Å². The van der Waals surface area contributed by atoms with Gasteiger partial charge < -0.3 is 14.6 Å². The molecule has 1 atom stereocenters. The van der Waals surface area contributed by atoms with E-state index in [1.54, 1.807) is 0 Å². The SMILES string of the molecule is CC/C=C\C/C=C\C/C=C\CCCCCCCC(=O)OC(CO)COCCCCCCCCCCC/C=C\C/C=C\C/C=C\CCCCCCC. The lowest BCUT2D eigenvalue weighted by molar-refractivity contribution is -0.154. The van der Waals surface area contributed by atoms with Gasteiger partial charge in [-0.3, -0.25) is 4.79 Å². The summed E-state index contributed by atoms with van der Waals surface area (Å²) in [4.78, 5) is 12.2. The molecule has 51 heavy (non-hydrogen) atoms. The highest BCUT2D eigenvalue weighted by Gasteiger charge is 2.13. The molecular formula is C47H82O4. The number of hydrogen-bond acceptors (Lipinski definition) is 4. The monoisotopic (exact) mass is 711 g/mol. The number of aliphatic hydroxyl groups excluding tert-OH is 1. The van der Waals surface area contributed by atoms with Crippen LogP contribution in [0.4, 0.5) is 0 Å². The fourth-order valence-corrected chi connectivity index (χ4v) is 5.82. The number of carbonyl (C=O) groups excluding carboxylic acids is 1. The summed E-state index contributed by atoms with van der Waals surface area (Å²) in [6.45, 7) is 5.19. The first kappa shape index (κ1) is 48.8. The van der Waals surface area contributed by atoms with Gasteiger partial charge in [-0.1, -0.05) is 177 Å². The molecule has 0 aliphatic carbocycles. The normalized spacial score (nSPS) is 13.1. The summed E-state index contributed by atoms with van der Waals surface area (Å²) >= 11 is 0. The number of unbranched alkanes of at least 4 members (excludes halogenated alkanes) is 19. The maximum atomic E-state index is 12.2. The molecule has 0 aliphatic rings. The summed E-state index contributed by atoms with van der Waals surface area (Å²) in [6, 6.07) is 0. The molecule has 0 rings (SSSR count). The second-order valence-corrected chi connectivity index (χ2v) is 14.0. The molecule has 294 valence electrons. The molecule has 0 aromatic heterocycles. The second kappa shape index (κ2) is 44.0. The van der Waals surface area contributed by atoms with Crippen LogP contribution in [0.15, 0.2) is 72.9 Å². The van der Waals surface area contributed by atoms with Crippen molar-refractivity contribution in [3.63, 3.8) is 0 Å². The second-order valence-electron chi connectivity index (χ2n) is 14.0. The van der Waals surface area contributed by atoms with Crippen molar-refractivity contribution < 1.29 is 19.4 Å². The molecule has 0 fully saturated rings. The summed E-state index contributed by atoms with van der Waals surface area (Å²) in [5.74, 6) is -0.222. The summed E-state index contributed by atoms with van der Waals surface area (Å²) in [7, 11) is 0. The van der Waals surface area contributed by atoms with Gasteiger partial charge >= 0.3 is 5.97 Å². The molecule has 0 radical (unpaired) electrons. The molecule has 1 unspecified atom stereocenters. The number of allylic oxidation sites excluding steroid dienone is 12. The number of rotatable bonds is 39. The van der Waals surface area contributed by atoms with Gasteiger partial charge in [-0.15, -0.1) is 0 Å². The Morgan fingerprint density at radius 3 is 1.33 bits per heavy atom. The number of ether oxygens (including phenoxy) is 2. The quantitative estimate of drug-likeness (QED) is 0.0392. The van der Waals surface area contributed by atoms with Crippen LogP contribution in [0.3, 0.4) is 0 Å². The maximum absolute atomic E-state index is 12.2. The van der Waals surface area contributed by atoms with Crippen LogP contribution in [0.2, 0.25) is 0 Å². The summed E-state index contributed by atoms with van der Waals surface area (Å²) in [5.41, 5.74) is 0. The zero-order chi connectivity index (χ0) is 37.0. The Hall–Kier alpha value is -2.17. The molecular weight excluding hydrogens is 629 g/mol. The largest absolute Gasteiger partial charge is 0.457 e. The van der Waals surface area contributed by atoms with E-state index in [9.17, 15) is 9.90 Å². The number of carbonyl (C=O) groups is 1. The molecule has 4 nitrogen and oxygen atoms in total. The standard InChI is InChI=1S/C47H82O4/c1-3-5-7-9-11-13-15-17-19-20-21-22-23-24-25-26-27-29-31-33-35-37-39-41-43-50-45-46(44-48)51-47(49)42-40-38-36-34-32-30-28-18-16-14-12-10-8-6-4-2/h6,8,12,14-15,17-18,20-21,23-24,28,46,48H,3-5,7,9-11,13,16,19,22,25-27,29-45H2,1-2H3/b8-6-,14-12-,17-15-,21-20-,24-23-,28-18-. The van der Waals surface area contributed by atoms with Crippen molar-refractivity contribution in [2.75, 3.05) is 19.8 Å². The van der Waals surface area contributed by atoms with Crippen molar-refractivity contribution in [2.45, 2.75) is 200 Å². The van der Waals surface area contributed by atoms with Gasteiger partial charge in [0, 0.05) is 13.0 Å². The smallest absolute Gasteiger partial charge is 0.306 e. The van der Waals surface area contributed by atoms with Crippen molar-refractivity contribution in [1.29, 1.82) is 0 Å². The minimum atomic E-state index is -0.550. The molecule has 0 aromatic carbocycles.